The van der Waals surface area contributed by atoms with Gasteiger partial charge in [0.25, 0.3) is 5.91 Å². The van der Waals surface area contributed by atoms with Crippen molar-refractivity contribution < 1.29 is 23.1 Å². The molecule has 0 radical (unpaired) electrons. The maximum atomic E-state index is 13.1. The molecule has 4 nitrogen and oxygen atoms in total. The molecule has 132 valence electrons. The highest BCUT2D eigenvalue weighted by Crippen LogP contribution is 2.14. The van der Waals surface area contributed by atoms with Crippen molar-refractivity contribution in [3.63, 3.8) is 0 Å². The summed E-state index contributed by atoms with van der Waals surface area (Å²) in [7, 11) is 0. The van der Waals surface area contributed by atoms with Gasteiger partial charge in [-0.3, -0.25) is 9.59 Å². The lowest BCUT2D eigenvalue weighted by molar-refractivity contribution is -0.152. The van der Waals surface area contributed by atoms with Gasteiger partial charge < -0.3 is 10.1 Å². The molecule has 1 atom stereocenters. The second kappa shape index (κ2) is 7.88. The van der Waals surface area contributed by atoms with Crippen LogP contribution >= 0.6 is 0 Å². The molecule has 0 saturated heterocycles. The van der Waals surface area contributed by atoms with Crippen molar-refractivity contribution in [2.75, 3.05) is 5.32 Å². The van der Waals surface area contributed by atoms with E-state index in [-0.39, 0.29) is 12.1 Å². The molecule has 0 heterocycles. The first-order valence-electron chi connectivity index (χ1n) is 7.78. The Bertz CT molecular complexity index is 805. The highest BCUT2D eigenvalue weighted by molar-refractivity contribution is 5.95. The lowest BCUT2D eigenvalue weighted by Gasteiger charge is -2.14. The van der Waals surface area contributed by atoms with Crippen LogP contribution in [0.2, 0.25) is 0 Å². The minimum atomic E-state index is -1.07. The van der Waals surface area contributed by atoms with Crippen molar-refractivity contribution in [3.8, 4) is 0 Å². The van der Waals surface area contributed by atoms with E-state index in [1.54, 1.807) is 0 Å². The fraction of sp³-hybridized carbons (Fsp3) is 0.263. The molecule has 1 amide bonds. The van der Waals surface area contributed by atoms with E-state index in [0.717, 1.165) is 28.8 Å². The van der Waals surface area contributed by atoms with E-state index in [1.165, 1.54) is 13.0 Å². The third-order valence-corrected chi connectivity index (χ3v) is 3.78. The molecule has 6 heteroatoms. The molecule has 2 aromatic rings. The molecule has 0 spiro atoms. The number of amides is 1. The van der Waals surface area contributed by atoms with Crippen LogP contribution in [-0.2, 0) is 20.7 Å². The Balaban J connectivity index is 1.92. The van der Waals surface area contributed by atoms with Crippen LogP contribution in [0.15, 0.2) is 36.4 Å². The molecule has 0 aliphatic heterocycles. The van der Waals surface area contributed by atoms with Gasteiger partial charge in [-0.1, -0.05) is 18.2 Å². The first-order valence-corrected chi connectivity index (χ1v) is 7.78. The topological polar surface area (TPSA) is 55.4 Å². The fourth-order valence-corrected chi connectivity index (χ4v) is 2.19. The van der Waals surface area contributed by atoms with Gasteiger partial charge in [0.15, 0.2) is 17.7 Å². The van der Waals surface area contributed by atoms with E-state index < -0.39 is 29.6 Å². The molecule has 2 aromatic carbocycles. The SMILES string of the molecule is Cc1ccc(CC(=O)O[C@@H](C)C(=O)Nc2ccc(F)c(F)c2)cc1C. The summed E-state index contributed by atoms with van der Waals surface area (Å²) in [4.78, 5) is 24.0. The van der Waals surface area contributed by atoms with Gasteiger partial charge in [0.05, 0.1) is 6.42 Å². The smallest absolute Gasteiger partial charge is 0.311 e. The van der Waals surface area contributed by atoms with Crippen molar-refractivity contribution in [2.24, 2.45) is 0 Å². The summed E-state index contributed by atoms with van der Waals surface area (Å²) >= 11 is 0. The van der Waals surface area contributed by atoms with Crippen LogP contribution < -0.4 is 5.32 Å². The van der Waals surface area contributed by atoms with Gasteiger partial charge >= 0.3 is 5.97 Å². The number of hydrogen-bond donors (Lipinski definition) is 1. The highest BCUT2D eigenvalue weighted by Gasteiger charge is 2.18. The molecule has 0 bridgehead atoms. The molecule has 0 unspecified atom stereocenters. The number of ether oxygens (including phenoxy) is 1. The van der Waals surface area contributed by atoms with Gasteiger partial charge in [-0.05, 0) is 49.6 Å². The number of esters is 1. The van der Waals surface area contributed by atoms with Gasteiger partial charge in [0.1, 0.15) is 0 Å². The van der Waals surface area contributed by atoms with E-state index in [4.69, 9.17) is 4.74 Å². The molecule has 1 N–H and O–H groups in total. The summed E-state index contributed by atoms with van der Waals surface area (Å²) in [6, 6.07) is 8.62. The number of carbonyl (C=O) groups excluding carboxylic acids is 2. The molecule has 0 aliphatic rings. The van der Waals surface area contributed by atoms with Gasteiger partial charge in [-0.25, -0.2) is 8.78 Å². The number of anilines is 1. The Morgan fingerprint density at radius 3 is 2.40 bits per heavy atom. The van der Waals surface area contributed by atoms with Crippen LogP contribution in [0.3, 0.4) is 0 Å². The van der Waals surface area contributed by atoms with Crippen LogP contribution in [0.5, 0.6) is 0 Å². The molecule has 0 saturated carbocycles. The van der Waals surface area contributed by atoms with E-state index in [2.05, 4.69) is 5.32 Å². The number of aryl methyl sites for hydroxylation is 2. The predicted molar refractivity (Wildman–Crippen MR) is 90.2 cm³/mol. The zero-order valence-electron chi connectivity index (χ0n) is 14.2. The summed E-state index contributed by atoms with van der Waals surface area (Å²) < 4.78 is 31.1. The Hall–Kier alpha value is -2.76. The van der Waals surface area contributed by atoms with Gasteiger partial charge in [-0.15, -0.1) is 0 Å². The van der Waals surface area contributed by atoms with Gasteiger partial charge in [0.2, 0.25) is 0 Å². The van der Waals surface area contributed by atoms with Crippen molar-refractivity contribution in [2.45, 2.75) is 33.3 Å². The molecule has 0 fully saturated rings. The summed E-state index contributed by atoms with van der Waals surface area (Å²) in [5, 5.41) is 2.37. The van der Waals surface area contributed by atoms with Crippen LogP contribution in [-0.4, -0.2) is 18.0 Å². The number of rotatable bonds is 5. The Morgan fingerprint density at radius 1 is 1.04 bits per heavy atom. The monoisotopic (exact) mass is 347 g/mol. The second-order valence-electron chi connectivity index (χ2n) is 5.85. The Kier molecular flexibility index (Phi) is 5.85. The molecule has 0 aromatic heterocycles. The summed E-state index contributed by atoms with van der Waals surface area (Å²) in [6.07, 6.45) is -1.02. The van der Waals surface area contributed by atoms with Crippen LogP contribution in [0.4, 0.5) is 14.5 Å². The number of hydrogen-bond acceptors (Lipinski definition) is 3. The highest BCUT2D eigenvalue weighted by atomic mass is 19.2. The third-order valence-electron chi connectivity index (χ3n) is 3.78. The van der Waals surface area contributed by atoms with E-state index in [0.29, 0.717) is 0 Å². The third kappa shape index (κ3) is 5.11. The molecule has 2 rings (SSSR count). The predicted octanol–water partition coefficient (Wildman–Crippen LogP) is 3.69. The lowest BCUT2D eigenvalue weighted by Crippen LogP contribution is -2.30. The molecular formula is C19H19F2NO3. The quantitative estimate of drug-likeness (QED) is 0.839. The van der Waals surface area contributed by atoms with Crippen molar-refractivity contribution in [1.29, 1.82) is 0 Å². The van der Waals surface area contributed by atoms with E-state index in [1.807, 2.05) is 32.0 Å². The van der Waals surface area contributed by atoms with E-state index in [9.17, 15) is 18.4 Å². The lowest BCUT2D eigenvalue weighted by atomic mass is 10.0. The molecule has 25 heavy (non-hydrogen) atoms. The minimum Gasteiger partial charge on any atom is -0.452 e. The first-order chi connectivity index (χ1) is 11.8. The van der Waals surface area contributed by atoms with Crippen LogP contribution in [0.25, 0.3) is 0 Å². The number of benzene rings is 2. The van der Waals surface area contributed by atoms with E-state index >= 15 is 0 Å². The molecular weight excluding hydrogens is 328 g/mol. The second-order valence-corrected chi connectivity index (χ2v) is 5.85. The Morgan fingerprint density at radius 2 is 1.76 bits per heavy atom. The van der Waals surface area contributed by atoms with Gasteiger partial charge in [0, 0.05) is 11.8 Å². The van der Waals surface area contributed by atoms with Crippen LogP contribution in [0.1, 0.15) is 23.6 Å². The average Bonchev–Trinajstić information content (AvgIpc) is 2.54. The normalized spacial score (nSPS) is 11.7. The largest absolute Gasteiger partial charge is 0.452 e. The van der Waals surface area contributed by atoms with Crippen LogP contribution in [0, 0.1) is 25.5 Å². The maximum absolute atomic E-state index is 13.1. The maximum Gasteiger partial charge on any atom is 0.311 e. The van der Waals surface area contributed by atoms with Crippen molar-refractivity contribution >= 4 is 17.6 Å². The zero-order valence-corrected chi connectivity index (χ0v) is 14.2. The minimum absolute atomic E-state index is 0.0456. The number of nitrogens with one attached hydrogen (secondary N) is 1. The summed E-state index contributed by atoms with van der Waals surface area (Å²) in [5.74, 6) is -3.25. The summed E-state index contributed by atoms with van der Waals surface area (Å²) in [5.41, 5.74) is 3.06. The average molecular weight is 347 g/mol. The number of carbonyl (C=O) groups is 2. The first kappa shape index (κ1) is 18.6. The van der Waals surface area contributed by atoms with Crippen molar-refractivity contribution in [1.82, 2.24) is 0 Å². The summed E-state index contributed by atoms with van der Waals surface area (Å²) in [6.45, 7) is 5.33. The van der Waals surface area contributed by atoms with Gasteiger partial charge in [-0.2, -0.15) is 0 Å². The Labute approximate surface area is 144 Å². The van der Waals surface area contributed by atoms with Crippen molar-refractivity contribution in [3.05, 3.63) is 64.7 Å². The zero-order chi connectivity index (χ0) is 18.6. The molecule has 0 aliphatic carbocycles. The fourth-order valence-electron chi connectivity index (χ4n) is 2.19. The standard InChI is InChI=1S/C19H19F2NO3/c1-11-4-5-14(8-12(11)2)9-18(23)25-13(3)19(24)22-15-6-7-16(20)17(21)10-15/h4-8,10,13H,9H2,1-3H3,(H,22,24)/t13-/m0/s1. The number of halogens is 2.